The van der Waals surface area contributed by atoms with E-state index in [0.29, 0.717) is 36.7 Å². The van der Waals surface area contributed by atoms with Crippen LogP contribution in [0.1, 0.15) is 52.4 Å². The fourth-order valence-electron chi connectivity index (χ4n) is 4.75. The Hall–Kier alpha value is -2.26. The maximum Gasteiger partial charge on any atom is 0.251 e. The molecule has 0 unspecified atom stereocenters. The van der Waals surface area contributed by atoms with Crippen LogP contribution in [0.25, 0.3) is 0 Å². The molecule has 0 spiro atoms. The van der Waals surface area contributed by atoms with Crippen molar-refractivity contribution >= 4 is 15.9 Å². The minimum absolute atomic E-state index is 0.241. The summed E-state index contributed by atoms with van der Waals surface area (Å²) in [6, 6.07) is 11.4. The normalized spacial score (nSPS) is 18.5. The second kappa shape index (κ2) is 11.2. The summed E-state index contributed by atoms with van der Waals surface area (Å²) in [6.07, 6.45) is 1.72. The zero-order valence-electron chi connectivity index (χ0n) is 21.0. The molecule has 2 fully saturated rings. The molecular weight excluding hydrogens is 462 g/mol. The third-order valence-electron chi connectivity index (χ3n) is 7.30. The van der Waals surface area contributed by atoms with Gasteiger partial charge in [-0.3, -0.25) is 9.69 Å². The molecule has 2 aliphatic heterocycles. The van der Waals surface area contributed by atoms with E-state index in [4.69, 9.17) is 4.74 Å². The quantitative estimate of drug-likeness (QED) is 0.631. The third kappa shape index (κ3) is 6.12. The van der Waals surface area contributed by atoms with E-state index in [1.165, 1.54) is 5.56 Å². The van der Waals surface area contributed by atoms with Gasteiger partial charge < -0.3 is 10.1 Å². The van der Waals surface area contributed by atoms with Crippen molar-refractivity contribution in [1.29, 1.82) is 0 Å². The van der Waals surface area contributed by atoms with Crippen molar-refractivity contribution in [1.82, 2.24) is 14.5 Å². The number of sulfonamides is 1. The van der Waals surface area contributed by atoms with E-state index in [1.807, 2.05) is 32.0 Å². The first kappa shape index (κ1) is 25.8. The van der Waals surface area contributed by atoms with Gasteiger partial charge in [0.15, 0.2) is 0 Å². The van der Waals surface area contributed by atoms with Crippen molar-refractivity contribution in [3.05, 3.63) is 64.2 Å². The number of aryl methyl sites for hydroxylation is 1. The number of nitrogens with one attached hydrogen (secondary N) is 1. The smallest absolute Gasteiger partial charge is 0.251 e. The van der Waals surface area contributed by atoms with Crippen molar-refractivity contribution in [3.63, 3.8) is 0 Å². The average Bonchev–Trinajstić information content (AvgIpc) is 2.85. The molecule has 0 atom stereocenters. The second-order valence-electron chi connectivity index (χ2n) is 9.84. The Kier molecular flexibility index (Phi) is 8.27. The molecule has 7 nitrogen and oxygen atoms in total. The monoisotopic (exact) mass is 499 g/mol. The summed E-state index contributed by atoms with van der Waals surface area (Å²) in [7, 11) is -3.65. The van der Waals surface area contributed by atoms with Crippen LogP contribution in [0.15, 0.2) is 41.3 Å². The van der Waals surface area contributed by atoms with Gasteiger partial charge in [-0.05, 0) is 67.0 Å². The fourth-order valence-corrected chi connectivity index (χ4v) is 6.55. The lowest BCUT2D eigenvalue weighted by Crippen LogP contribution is -2.38. The van der Waals surface area contributed by atoms with Gasteiger partial charge in [0, 0.05) is 44.8 Å². The Morgan fingerprint density at radius 2 is 1.69 bits per heavy atom. The lowest BCUT2D eigenvalue weighted by atomic mass is 10.0. The summed E-state index contributed by atoms with van der Waals surface area (Å²) in [5.41, 5.74) is 4.12. The van der Waals surface area contributed by atoms with Crippen molar-refractivity contribution in [2.45, 2.75) is 51.6 Å². The van der Waals surface area contributed by atoms with Gasteiger partial charge in [0.2, 0.25) is 10.0 Å². The number of nitrogens with zero attached hydrogens (tertiary/aromatic N) is 2. The molecule has 190 valence electrons. The van der Waals surface area contributed by atoms with Crippen molar-refractivity contribution < 1.29 is 17.9 Å². The summed E-state index contributed by atoms with van der Waals surface area (Å²) in [6.45, 7) is 11.4. The van der Waals surface area contributed by atoms with Gasteiger partial charge in [0.1, 0.15) is 0 Å². The van der Waals surface area contributed by atoms with Gasteiger partial charge >= 0.3 is 0 Å². The Morgan fingerprint density at radius 1 is 1.03 bits per heavy atom. The number of morpholine rings is 1. The molecule has 2 heterocycles. The predicted octanol–water partition coefficient (Wildman–Crippen LogP) is 3.49. The lowest BCUT2D eigenvalue weighted by molar-refractivity contribution is 0.0340. The fraction of sp³-hybridized carbons (Fsp3) is 0.519. The van der Waals surface area contributed by atoms with Crippen LogP contribution in [-0.4, -0.2) is 62.9 Å². The minimum atomic E-state index is -3.65. The van der Waals surface area contributed by atoms with Crippen molar-refractivity contribution in [2.24, 2.45) is 5.92 Å². The Labute approximate surface area is 209 Å². The maximum absolute atomic E-state index is 13.4. The van der Waals surface area contributed by atoms with Crippen LogP contribution in [0.5, 0.6) is 0 Å². The Bertz CT molecular complexity index is 1150. The molecule has 2 saturated heterocycles. The SMILES string of the molecule is Cc1cc(C(=O)NCc2ccccc2CN2CCOCC2)cc(S(=O)(=O)N2CCC(C)CC2)c1C. The topological polar surface area (TPSA) is 79.0 Å². The molecule has 2 aliphatic rings. The number of hydrogen-bond acceptors (Lipinski definition) is 5. The number of hydrogen-bond donors (Lipinski definition) is 1. The number of ether oxygens (including phenoxy) is 1. The molecule has 2 aromatic rings. The van der Waals surface area contributed by atoms with Crippen LogP contribution in [0, 0.1) is 19.8 Å². The van der Waals surface area contributed by atoms with E-state index in [9.17, 15) is 13.2 Å². The van der Waals surface area contributed by atoms with Crippen LogP contribution in [0.4, 0.5) is 0 Å². The highest BCUT2D eigenvalue weighted by atomic mass is 32.2. The first-order chi connectivity index (χ1) is 16.8. The molecule has 35 heavy (non-hydrogen) atoms. The molecular formula is C27H37N3O4S. The summed E-state index contributed by atoms with van der Waals surface area (Å²) in [5, 5.41) is 3.01. The van der Waals surface area contributed by atoms with Crippen LogP contribution >= 0.6 is 0 Å². The van der Waals surface area contributed by atoms with Crippen molar-refractivity contribution in [2.75, 3.05) is 39.4 Å². The predicted molar refractivity (Wildman–Crippen MR) is 137 cm³/mol. The van der Waals surface area contributed by atoms with Crippen LogP contribution in [0.3, 0.4) is 0 Å². The van der Waals surface area contributed by atoms with Crippen molar-refractivity contribution in [3.8, 4) is 0 Å². The zero-order valence-corrected chi connectivity index (χ0v) is 21.9. The highest BCUT2D eigenvalue weighted by Gasteiger charge is 2.30. The number of carbonyl (C=O) groups is 1. The molecule has 0 bridgehead atoms. The molecule has 1 amide bonds. The van der Waals surface area contributed by atoms with Gasteiger partial charge in [0.25, 0.3) is 5.91 Å². The molecule has 0 aromatic heterocycles. The van der Waals surface area contributed by atoms with Gasteiger partial charge in [-0.25, -0.2) is 8.42 Å². The van der Waals surface area contributed by atoms with Crippen LogP contribution < -0.4 is 5.32 Å². The largest absolute Gasteiger partial charge is 0.379 e. The average molecular weight is 500 g/mol. The maximum atomic E-state index is 13.4. The standard InChI is InChI=1S/C27H37N3O4S/c1-20-8-10-30(11-9-20)35(32,33)26-17-25(16-21(2)22(26)3)27(31)28-18-23-6-4-5-7-24(23)19-29-12-14-34-15-13-29/h4-7,16-17,20H,8-15,18-19H2,1-3H3,(H,28,31). The molecule has 0 saturated carbocycles. The Balaban J connectivity index is 1.49. The van der Waals surface area contributed by atoms with Crippen LogP contribution in [-0.2, 0) is 27.8 Å². The number of benzene rings is 2. The Morgan fingerprint density at radius 3 is 2.37 bits per heavy atom. The molecule has 2 aromatic carbocycles. The molecule has 8 heteroatoms. The van der Waals surface area contributed by atoms with E-state index in [-0.39, 0.29) is 10.8 Å². The lowest BCUT2D eigenvalue weighted by Gasteiger charge is -2.30. The first-order valence-corrected chi connectivity index (χ1v) is 14.0. The van der Waals surface area contributed by atoms with Gasteiger partial charge in [0.05, 0.1) is 18.1 Å². The summed E-state index contributed by atoms with van der Waals surface area (Å²) < 4.78 is 33.9. The second-order valence-corrected chi connectivity index (χ2v) is 11.7. The van der Waals surface area contributed by atoms with E-state index in [0.717, 1.165) is 56.8 Å². The van der Waals surface area contributed by atoms with E-state index in [1.54, 1.807) is 16.4 Å². The van der Waals surface area contributed by atoms with E-state index in [2.05, 4.69) is 23.2 Å². The summed E-state index contributed by atoms with van der Waals surface area (Å²) in [4.78, 5) is 15.7. The number of carbonyl (C=O) groups excluding carboxylic acids is 1. The van der Waals surface area contributed by atoms with Gasteiger partial charge in [-0.15, -0.1) is 0 Å². The van der Waals surface area contributed by atoms with Gasteiger partial charge in [-0.1, -0.05) is 31.2 Å². The summed E-state index contributed by atoms with van der Waals surface area (Å²) in [5.74, 6) is 0.269. The summed E-state index contributed by atoms with van der Waals surface area (Å²) >= 11 is 0. The minimum Gasteiger partial charge on any atom is -0.379 e. The van der Waals surface area contributed by atoms with Gasteiger partial charge in [-0.2, -0.15) is 4.31 Å². The van der Waals surface area contributed by atoms with Crippen LogP contribution in [0.2, 0.25) is 0 Å². The molecule has 0 radical (unpaired) electrons. The zero-order chi connectivity index (χ0) is 25.0. The van der Waals surface area contributed by atoms with E-state index >= 15 is 0 Å². The number of amides is 1. The molecule has 1 N–H and O–H groups in total. The third-order valence-corrected chi connectivity index (χ3v) is 9.32. The highest BCUT2D eigenvalue weighted by molar-refractivity contribution is 7.89. The van der Waals surface area contributed by atoms with E-state index < -0.39 is 10.0 Å². The first-order valence-electron chi connectivity index (χ1n) is 12.5. The molecule has 4 rings (SSSR count). The number of rotatable bonds is 7. The highest BCUT2D eigenvalue weighted by Crippen LogP contribution is 2.28. The molecule has 0 aliphatic carbocycles. The number of piperidine rings is 1.